The minimum Gasteiger partial charge on any atom is -0.452 e. The summed E-state index contributed by atoms with van der Waals surface area (Å²) < 4.78 is 49.9. The van der Waals surface area contributed by atoms with Gasteiger partial charge in [-0.1, -0.05) is 6.07 Å². The molecule has 1 heterocycles. The van der Waals surface area contributed by atoms with Crippen LogP contribution in [0.1, 0.15) is 10.4 Å². The van der Waals surface area contributed by atoms with Crippen LogP contribution < -0.4 is 10.2 Å². The van der Waals surface area contributed by atoms with E-state index in [4.69, 9.17) is 9.47 Å². The molecule has 9 nitrogen and oxygen atoms in total. The van der Waals surface area contributed by atoms with Crippen LogP contribution in [0.25, 0.3) is 0 Å². The Morgan fingerprint density at radius 3 is 2.53 bits per heavy atom. The van der Waals surface area contributed by atoms with Gasteiger partial charge >= 0.3 is 5.97 Å². The van der Waals surface area contributed by atoms with E-state index in [1.54, 1.807) is 6.07 Å². The summed E-state index contributed by atoms with van der Waals surface area (Å²) in [6.07, 6.45) is 0. The van der Waals surface area contributed by atoms with Gasteiger partial charge in [0.1, 0.15) is 5.82 Å². The quantitative estimate of drug-likeness (QED) is 0.621. The summed E-state index contributed by atoms with van der Waals surface area (Å²) >= 11 is 0. The number of rotatable bonds is 7. The maximum atomic E-state index is 13.3. The normalized spacial score (nSPS) is 14.3. The van der Waals surface area contributed by atoms with Crippen molar-refractivity contribution in [2.75, 3.05) is 57.2 Å². The fourth-order valence-electron chi connectivity index (χ4n) is 3.10. The van der Waals surface area contributed by atoms with Crippen molar-refractivity contribution in [3.8, 4) is 0 Å². The molecular weight excluding hydrogens is 441 g/mol. The van der Waals surface area contributed by atoms with Crippen LogP contribution in [-0.4, -0.2) is 71.6 Å². The van der Waals surface area contributed by atoms with Gasteiger partial charge in [0.15, 0.2) is 6.61 Å². The van der Waals surface area contributed by atoms with Gasteiger partial charge in [-0.05, 0) is 36.4 Å². The number of benzene rings is 2. The fourth-order valence-corrected chi connectivity index (χ4v) is 4.03. The smallest absolute Gasteiger partial charge is 0.340 e. The summed E-state index contributed by atoms with van der Waals surface area (Å²) in [6, 6.07) is 9.51. The number of anilines is 2. The number of esters is 1. The first-order chi connectivity index (χ1) is 15.2. The molecular formula is C21H24FN3O6S. The molecule has 0 saturated carbocycles. The molecule has 1 saturated heterocycles. The Hall–Kier alpha value is -3.02. The minimum atomic E-state index is -3.79. The molecule has 0 aliphatic carbocycles. The van der Waals surface area contributed by atoms with Crippen molar-refractivity contribution in [1.82, 2.24) is 4.31 Å². The lowest BCUT2D eigenvalue weighted by Crippen LogP contribution is -2.37. The van der Waals surface area contributed by atoms with Gasteiger partial charge in [-0.3, -0.25) is 4.79 Å². The van der Waals surface area contributed by atoms with Crippen LogP contribution in [-0.2, 0) is 24.3 Å². The van der Waals surface area contributed by atoms with Crippen molar-refractivity contribution in [3.05, 3.63) is 53.8 Å². The maximum Gasteiger partial charge on any atom is 0.340 e. The molecule has 0 spiro atoms. The molecule has 1 fully saturated rings. The average molecular weight is 466 g/mol. The minimum absolute atomic E-state index is 0.0216. The Morgan fingerprint density at radius 2 is 1.88 bits per heavy atom. The van der Waals surface area contributed by atoms with Gasteiger partial charge in [-0.2, -0.15) is 0 Å². The van der Waals surface area contributed by atoms with E-state index in [0.717, 1.165) is 10.4 Å². The van der Waals surface area contributed by atoms with Gasteiger partial charge in [0.05, 0.1) is 29.4 Å². The average Bonchev–Trinajstić information content (AvgIpc) is 2.77. The zero-order valence-corrected chi connectivity index (χ0v) is 18.5. The fraction of sp³-hybridized carbons (Fsp3) is 0.333. The van der Waals surface area contributed by atoms with Crippen LogP contribution in [0.4, 0.5) is 15.8 Å². The zero-order valence-electron chi connectivity index (χ0n) is 17.7. The molecule has 0 aromatic heterocycles. The standard InChI is InChI=1S/C21H24FN3O6S/c1-24(2)32(28,29)17-6-7-19(25-8-10-30-11-9-25)18(13-17)21(27)31-14-20(26)23-16-5-3-4-15(22)12-16/h3-7,12-13H,8-11,14H2,1-2H3,(H,23,26). The Labute approximate surface area is 185 Å². The maximum absolute atomic E-state index is 13.3. The summed E-state index contributed by atoms with van der Waals surface area (Å²) in [6.45, 7) is 1.33. The lowest BCUT2D eigenvalue weighted by molar-refractivity contribution is -0.119. The summed E-state index contributed by atoms with van der Waals surface area (Å²) in [5.41, 5.74) is 0.731. The van der Waals surface area contributed by atoms with Crippen molar-refractivity contribution in [2.45, 2.75) is 4.90 Å². The van der Waals surface area contributed by atoms with E-state index in [0.29, 0.717) is 32.0 Å². The largest absolute Gasteiger partial charge is 0.452 e. The topological polar surface area (TPSA) is 105 Å². The monoisotopic (exact) mass is 465 g/mol. The van der Waals surface area contributed by atoms with Crippen molar-refractivity contribution in [1.29, 1.82) is 0 Å². The molecule has 3 rings (SSSR count). The number of carbonyl (C=O) groups is 2. The second-order valence-corrected chi connectivity index (χ2v) is 9.35. The molecule has 2 aromatic rings. The number of hydrogen-bond donors (Lipinski definition) is 1. The lowest BCUT2D eigenvalue weighted by Gasteiger charge is -2.30. The van der Waals surface area contributed by atoms with Crippen LogP contribution in [0, 0.1) is 5.82 Å². The molecule has 2 aromatic carbocycles. The van der Waals surface area contributed by atoms with E-state index in [-0.39, 0.29) is 16.1 Å². The number of nitrogens with one attached hydrogen (secondary N) is 1. The van der Waals surface area contributed by atoms with E-state index in [1.165, 1.54) is 44.4 Å². The molecule has 0 unspecified atom stereocenters. The predicted octanol–water partition coefficient (Wildman–Crippen LogP) is 1.71. The number of hydrogen-bond acceptors (Lipinski definition) is 7. The first-order valence-electron chi connectivity index (χ1n) is 9.80. The highest BCUT2D eigenvalue weighted by atomic mass is 32.2. The molecule has 1 N–H and O–H groups in total. The van der Waals surface area contributed by atoms with Crippen molar-refractivity contribution < 1.29 is 31.9 Å². The Kier molecular flexibility index (Phi) is 7.44. The van der Waals surface area contributed by atoms with Gasteiger partial charge in [-0.15, -0.1) is 0 Å². The van der Waals surface area contributed by atoms with Gasteiger partial charge in [0.25, 0.3) is 5.91 Å². The van der Waals surface area contributed by atoms with Crippen LogP contribution >= 0.6 is 0 Å². The third kappa shape index (κ3) is 5.61. The third-order valence-electron chi connectivity index (χ3n) is 4.76. The molecule has 1 amide bonds. The summed E-state index contributed by atoms with van der Waals surface area (Å²) in [7, 11) is -1.01. The molecule has 11 heteroatoms. The lowest BCUT2D eigenvalue weighted by atomic mass is 10.1. The zero-order chi connectivity index (χ0) is 23.3. The molecule has 0 radical (unpaired) electrons. The number of nitrogens with zero attached hydrogens (tertiary/aromatic N) is 2. The van der Waals surface area contributed by atoms with E-state index >= 15 is 0 Å². The Bertz CT molecular complexity index is 1100. The van der Waals surface area contributed by atoms with Gasteiger partial charge in [0, 0.05) is 32.9 Å². The van der Waals surface area contributed by atoms with Crippen LogP contribution in [0.15, 0.2) is 47.4 Å². The van der Waals surface area contributed by atoms with Crippen molar-refractivity contribution in [2.24, 2.45) is 0 Å². The highest BCUT2D eigenvalue weighted by molar-refractivity contribution is 7.89. The molecule has 0 bridgehead atoms. The molecule has 1 aliphatic rings. The van der Waals surface area contributed by atoms with Crippen LogP contribution in [0.2, 0.25) is 0 Å². The molecule has 32 heavy (non-hydrogen) atoms. The van der Waals surface area contributed by atoms with Gasteiger partial charge < -0.3 is 19.7 Å². The number of amides is 1. The number of carbonyl (C=O) groups excluding carboxylic acids is 2. The molecule has 172 valence electrons. The molecule has 1 aliphatic heterocycles. The third-order valence-corrected chi connectivity index (χ3v) is 6.57. The first kappa shape index (κ1) is 23.6. The van der Waals surface area contributed by atoms with Crippen molar-refractivity contribution in [3.63, 3.8) is 0 Å². The second-order valence-electron chi connectivity index (χ2n) is 7.20. The Morgan fingerprint density at radius 1 is 1.16 bits per heavy atom. The van der Waals surface area contributed by atoms with Crippen LogP contribution in [0.3, 0.4) is 0 Å². The predicted molar refractivity (Wildman–Crippen MR) is 116 cm³/mol. The summed E-state index contributed by atoms with van der Waals surface area (Å²) in [4.78, 5) is 26.8. The highest BCUT2D eigenvalue weighted by Gasteiger charge is 2.25. The first-order valence-corrected chi connectivity index (χ1v) is 11.2. The summed E-state index contributed by atoms with van der Waals surface area (Å²) in [5.74, 6) is -2.03. The van der Waals surface area contributed by atoms with Gasteiger partial charge in [0.2, 0.25) is 10.0 Å². The number of ether oxygens (including phenoxy) is 2. The Balaban J connectivity index is 1.81. The van der Waals surface area contributed by atoms with E-state index < -0.39 is 34.3 Å². The van der Waals surface area contributed by atoms with E-state index in [1.807, 2.05) is 4.90 Å². The van der Waals surface area contributed by atoms with E-state index in [2.05, 4.69) is 5.32 Å². The van der Waals surface area contributed by atoms with Crippen LogP contribution in [0.5, 0.6) is 0 Å². The number of sulfonamides is 1. The van der Waals surface area contributed by atoms with Gasteiger partial charge in [-0.25, -0.2) is 21.9 Å². The number of halogens is 1. The SMILES string of the molecule is CN(C)S(=O)(=O)c1ccc(N2CCOCC2)c(C(=O)OCC(=O)Nc2cccc(F)c2)c1. The van der Waals surface area contributed by atoms with Crippen molar-refractivity contribution >= 4 is 33.3 Å². The number of morpholine rings is 1. The summed E-state index contributed by atoms with van der Waals surface area (Å²) in [5, 5.41) is 2.43. The second kappa shape index (κ2) is 10.1. The highest BCUT2D eigenvalue weighted by Crippen LogP contribution is 2.27. The molecule has 0 atom stereocenters. The van der Waals surface area contributed by atoms with E-state index in [9.17, 15) is 22.4 Å².